The highest BCUT2D eigenvalue weighted by molar-refractivity contribution is 7.19. The number of benzene rings is 2. The van der Waals surface area contributed by atoms with Crippen molar-refractivity contribution in [2.45, 2.75) is 6.10 Å². The molecule has 4 heteroatoms. The van der Waals surface area contributed by atoms with Crippen LogP contribution in [0.2, 0.25) is 0 Å². The molecule has 1 atom stereocenters. The molecule has 0 aliphatic carbocycles. The molecular formula is C15H10F2OS. The highest BCUT2D eigenvalue weighted by Gasteiger charge is 2.14. The zero-order valence-electron chi connectivity index (χ0n) is 9.81. The molecule has 0 saturated heterocycles. The SMILES string of the molecule is OC(c1ccc(F)cc1)c1cc2ccc(F)cc2s1. The van der Waals surface area contributed by atoms with E-state index in [1.54, 1.807) is 18.2 Å². The molecule has 2 aromatic carbocycles. The lowest BCUT2D eigenvalue weighted by Crippen LogP contribution is -1.96. The van der Waals surface area contributed by atoms with Gasteiger partial charge in [0.1, 0.15) is 17.7 Å². The van der Waals surface area contributed by atoms with Crippen LogP contribution in [0.25, 0.3) is 10.1 Å². The number of hydrogen-bond acceptors (Lipinski definition) is 2. The van der Waals surface area contributed by atoms with Crippen molar-refractivity contribution in [3.63, 3.8) is 0 Å². The van der Waals surface area contributed by atoms with Gasteiger partial charge < -0.3 is 5.11 Å². The Kier molecular flexibility index (Phi) is 3.05. The molecule has 19 heavy (non-hydrogen) atoms. The standard InChI is InChI=1S/C15H10F2OS/c16-11-4-1-9(2-5-11)15(18)14-7-10-3-6-12(17)8-13(10)19-14/h1-8,15,18H. The molecule has 1 heterocycles. The second-order valence-corrected chi connectivity index (χ2v) is 5.40. The predicted molar refractivity (Wildman–Crippen MR) is 72.2 cm³/mol. The molecule has 1 aromatic heterocycles. The summed E-state index contributed by atoms with van der Waals surface area (Å²) < 4.78 is 26.7. The molecule has 0 saturated carbocycles. The topological polar surface area (TPSA) is 20.2 Å². The minimum Gasteiger partial charge on any atom is -0.383 e. The van der Waals surface area contributed by atoms with Gasteiger partial charge in [0, 0.05) is 9.58 Å². The normalized spacial score (nSPS) is 12.8. The third-order valence-electron chi connectivity index (χ3n) is 2.96. The highest BCUT2D eigenvalue weighted by atomic mass is 32.1. The van der Waals surface area contributed by atoms with Crippen LogP contribution < -0.4 is 0 Å². The first-order valence-corrected chi connectivity index (χ1v) is 6.58. The monoisotopic (exact) mass is 276 g/mol. The van der Waals surface area contributed by atoms with Crippen molar-refractivity contribution in [1.82, 2.24) is 0 Å². The van der Waals surface area contributed by atoms with Crippen molar-refractivity contribution >= 4 is 21.4 Å². The first-order valence-electron chi connectivity index (χ1n) is 5.76. The Morgan fingerprint density at radius 3 is 2.32 bits per heavy atom. The number of rotatable bonds is 2. The van der Waals surface area contributed by atoms with Crippen molar-refractivity contribution in [3.8, 4) is 0 Å². The largest absolute Gasteiger partial charge is 0.383 e. The van der Waals surface area contributed by atoms with E-state index in [0.29, 0.717) is 10.4 Å². The Balaban J connectivity index is 2.01. The summed E-state index contributed by atoms with van der Waals surface area (Å²) in [6, 6.07) is 12.1. The van der Waals surface area contributed by atoms with Gasteiger partial charge in [-0.3, -0.25) is 0 Å². The molecule has 0 bridgehead atoms. The van der Waals surface area contributed by atoms with Gasteiger partial charge in [0.15, 0.2) is 0 Å². The van der Waals surface area contributed by atoms with Crippen molar-refractivity contribution in [2.24, 2.45) is 0 Å². The van der Waals surface area contributed by atoms with Gasteiger partial charge in [-0.2, -0.15) is 0 Å². The van der Waals surface area contributed by atoms with Gasteiger partial charge in [-0.15, -0.1) is 11.3 Å². The summed E-state index contributed by atoms with van der Waals surface area (Å²) in [7, 11) is 0. The smallest absolute Gasteiger partial charge is 0.124 e. The van der Waals surface area contributed by atoms with Crippen molar-refractivity contribution < 1.29 is 13.9 Å². The third-order valence-corrected chi connectivity index (χ3v) is 4.11. The number of hydrogen-bond donors (Lipinski definition) is 1. The Hall–Kier alpha value is -1.78. The van der Waals surface area contributed by atoms with Crippen molar-refractivity contribution in [2.75, 3.05) is 0 Å². The predicted octanol–water partition coefficient (Wildman–Crippen LogP) is 4.26. The molecular weight excluding hydrogens is 266 g/mol. The maximum absolute atomic E-state index is 13.1. The van der Waals surface area contributed by atoms with Crippen LogP contribution in [0.5, 0.6) is 0 Å². The first-order chi connectivity index (χ1) is 9.13. The number of aliphatic hydroxyl groups is 1. The van der Waals surface area contributed by atoms with Crippen LogP contribution >= 0.6 is 11.3 Å². The lowest BCUT2D eigenvalue weighted by Gasteiger charge is -2.08. The highest BCUT2D eigenvalue weighted by Crippen LogP contribution is 2.33. The molecule has 0 fully saturated rings. The summed E-state index contributed by atoms with van der Waals surface area (Å²) in [5.74, 6) is -0.633. The van der Waals surface area contributed by atoms with Crippen molar-refractivity contribution in [3.05, 3.63) is 70.6 Å². The Morgan fingerprint density at radius 1 is 0.895 bits per heavy atom. The van der Waals surface area contributed by atoms with E-state index >= 15 is 0 Å². The van der Waals surface area contributed by atoms with Gasteiger partial charge in [0.2, 0.25) is 0 Å². The molecule has 1 N–H and O–H groups in total. The molecule has 3 rings (SSSR count). The Labute approximate surface area is 112 Å². The summed E-state index contributed by atoms with van der Waals surface area (Å²) >= 11 is 1.33. The van der Waals surface area contributed by atoms with Crippen LogP contribution in [0.15, 0.2) is 48.5 Å². The number of fused-ring (bicyclic) bond motifs is 1. The lowest BCUT2D eigenvalue weighted by molar-refractivity contribution is 0.224. The van der Waals surface area contributed by atoms with E-state index in [9.17, 15) is 13.9 Å². The number of thiophene rings is 1. The van der Waals surface area contributed by atoms with E-state index in [-0.39, 0.29) is 11.6 Å². The van der Waals surface area contributed by atoms with E-state index in [2.05, 4.69) is 0 Å². The van der Waals surface area contributed by atoms with Crippen molar-refractivity contribution in [1.29, 1.82) is 0 Å². The zero-order valence-corrected chi connectivity index (χ0v) is 10.6. The average Bonchev–Trinajstić information content (AvgIpc) is 2.81. The molecule has 0 aliphatic heterocycles. The summed E-state index contributed by atoms with van der Waals surface area (Å²) in [6.45, 7) is 0. The van der Waals surface area contributed by atoms with Crippen LogP contribution in [-0.2, 0) is 0 Å². The first kappa shape index (κ1) is 12.3. The average molecular weight is 276 g/mol. The van der Waals surface area contributed by atoms with Gasteiger partial charge in [-0.1, -0.05) is 18.2 Å². The molecule has 0 amide bonds. The van der Waals surface area contributed by atoms with Gasteiger partial charge in [-0.05, 0) is 41.3 Å². The zero-order chi connectivity index (χ0) is 13.4. The molecule has 1 nitrogen and oxygen atoms in total. The van der Waals surface area contributed by atoms with E-state index in [1.807, 2.05) is 6.07 Å². The summed E-state index contributed by atoms with van der Waals surface area (Å²) in [5, 5.41) is 11.1. The van der Waals surface area contributed by atoms with Gasteiger partial charge >= 0.3 is 0 Å². The van der Waals surface area contributed by atoms with E-state index in [4.69, 9.17) is 0 Å². The van der Waals surface area contributed by atoms with Gasteiger partial charge in [0.05, 0.1) is 0 Å². The molecule has 96 valence electrons. The Bertz CT molecular complexity index is 719. The molecule has 0 spiro atoms. The molecule has 0 radical (unpaired) electrons. The van der Waals surface area contributed by atoms with Crippen LogP contribution in [0, 0.1) is 11.6 Å². The summed E-state index contributed by atoms with van der Waals surface area (Å²) in [4.78, 5) is 0.715. The molecule has 0 aliphatic rings. The lowest BCUT2D eigenvalue weighted by atomic mass is 10.1. The fraction of sp³-hybridized carbons (Fsp3) is 0.0667. The quantitative estimate of drug-likeness (QED) is 0.741. The third kappa shape index (κ3) is 2.37. The second-order valence-electron chi connectivity index (χ2n) is 4.29. The van der Waals surface area contributed by atoms with E-state index < -0.39 is 6.10 Å². The summed E-state index contributed by atoms with van der Waals surface area (Å²) in [6.07, 6.45) is -0.818. The maximum atomic E-state index is 13.1. The van der Waals surface area contributed by atoms with Crippen LogP contribution in [-0.4, -0.2) is 5.11 Å². The van der Waals surface area contributed by atoms with Gasteiger partial charge in [0.25, 0.3) is 0 Å². The van der Waals surface area contributed by atoms with Crippen LogP contribution in [0.1, 0.15) is 16.5 Å². The fourth-order valence-corrected chi connectivity index (χ4v) is 3.07. The number of halogens is 2. The minimum absolute atomic E-state index is 0.294. The second kappa shape index (κ2) is 4.72. The summed E-state index contributed by atoms with van der Waals surface area (Å²) in [5.41, 5.74) is 0.619. The fourth-order valence-electron chi connectivity index (χ4n) is 1.97. The number of aliphatic hydroxyl groups excluding tert-OH is 1. The molecule has 1 unspecified atom stereocenters. The van der Waals surface area contributed by atoms with Crippen LogP contribution in [0.3, 0.4) is 0 Å². The van der Waals surface area contributed by atoms with E-state index in [0.717, 1.165) is 10.1 Å². The Morgan fingerprint density at radius 2 is 1.58 bits per heavy atom. The molecule has 3 aromatic rings. The van der Waals surface area contributed by atoms with E-state index in [1.165, 1.54) is 35.6 Å². The maximum Gasteiger partial charge on any atom is 0.124 e. The van der Waals surface area contributed by atoms with Crippen LogP contribution in [0.4, 0.5) is 8.78 Å². The minimum atomic E-state index is -0.818. The van der Waals surface area contributed by atoms with Gasteiger partial charge in [-0.25, -0.2) is 8.78 Å².